The van der Waals surface area contributed by atoms with Gasteiger partial charge in [0.15, 0.2) is 0 Å². The summed E-state index contributed by atoms with van der Waals surface area (Å²) in [6.07, 6.45) is 13.5. The Hall–Kier alpha value is -0.260. The second-order valence-electron chi connectivity index (χ2n) is 5.17. The molecule has 0 heteroatoms. The third-order valence-corrected chi connectivity index (χ3v) is 4.47. The first-order valence-electron chi connectivity index (χ1n) is 6.17. The van der Waals surface area contributed by atoms with Crippen molar-refractivity contribution in [2.24, 2.45) is 11.8 Å². The molecule has 0 amide bonds. The third-order valence-electron chi connectivity index (χ3n) is 4.47. The molecule has 2 bridgehead atoms. The molecule has 3 aliphatic rings. The van der Waals surface area contributed by atoms with E-state index in [2.05, 4.69) is 0 Å². The van der Waals surface area contributed by atoms with E-state index in [9.17, 15) is 0 Å². The largest absolute Gasteiger partial charge is 0.0676 e. The summed E-state index contributed by atoms with van der Waals surface area (Å²) in [4.78, 5) is 0. The van der Waals surface area contributed by atoms with Crippen molar-refractivity contribution in [3.8, 4) is 0 Å². The maximum Gasteiger partial charge on any atom is -0.0195 e. The van der Waals surface area contributed by atoms with E-state index in [1.807, 2.05) is 11.1 Å². The summed E-state index contributed by atoms with van der Waals surface area (Å²) >= 11 is 0. The lowest BCUT2D eigenvalue weighted by Gasteiger charge is -2.22. The lowest BCUT2D eigenvalue weighted by atomic mass is 9.84. The summed E-state index contributed by atoms with van der Waals surface area (Å²) in [6, 6.07) is 0. The number of allylic oxidation sites excluding steroid dienone is 2. The molecule has 0 spiro atoms. The lowest BCUT2D eigenvalue weighted by Crippen LogP contribution is -2.05. The molecule has 72 valence electrons. The van der Waals surface area contributed by atoms with Crippen LogP contribution >= 0.6 is 0 Å². The molecule has 0 aromatic heterocycles. The Bertz CT molecular complexity index is 212. The molecule has 0 nitrogen and oxygen atoms in total. The minimum Gasteiger partial charge on any atom is -0.0676 e. The quantitative estimate of drug-likeness (QED) is 0.488. The Morgan fingerprint density at radius 3 is 1.77 bits per heavy atom. The van der Waals surface area contributed by atoms with Crippen LogP contribution in [0, 0.1) is 11.8 Å². The van der Waals surface area contributed by atoms with Crippen molar-refractivity contribution in [3.05, 3.63) is 11.1 Å². The molecule has 0 aliphatic heterocycles. The van der Waals surface area contributed by atoms with E-state index in [4.69, 9.17) is 0 Å². The molecule has 0 heterocycles. The summed E-state index contributed by atoms with van der Waals surface area (Å²) in [5.74, 6) is 2.11. The zero-order valence-electron chi connectivity index (χ0n) is 8.52. The Labute approximate surface area is 81.4 Å². The maximum atomic E-state index is 1.94. The summed E-state index contributed by atoms with van der Waals surface area (Å²) in [5.41, 5.74) is 3.88. The zero-order valence-corrected chi connectivity index (χ0v) is 8.52. The number of fused-ring (bicyclic) bond motifs is 4. The summed E-state index contributed by atoms with van der Waals surface area (Å²) in [5, 5.41) is 0. The molecule has 0 aromatic carbocycles. The van der Waals surface area contributed by atoms with Crippen LogP contribution in [0.4, 0.5) is 0 Å². The van der Waals surface area contributed by atoms with E-state index in [1.54, 1.807) is 6.42 Å². The molecule has 0 N–H and O–H groups in total. The van der Waals surface area contributed by atoms with Crippen LogP contribution in [0.1, 0.15) is 57.8 Å². The highest BCUT2D eigenvalue weighted by Gasteiger charge is 2.37. The van der Waals surface area contributed by atoms with Gasteiger partial charge in [0, 0.05) is 0 Å². The number of hydrogen-bond acceptors (Lipinski definition) is 0. The SMILES string of the molecule is C1CCCC2=C(CC1)C1CCC2C1. The standard InChI is InChI=1S/C13H20/c1-2-4-6-13-11-8-7-10(9-11)12(13)5-3-1/h10-11H,1-9H2. The molecule has 3 rings (SSSR count). The van der Waals surface area contributed by atoms with Crippen LogP contribution in [0.15, 0.2) is 11.1 Å². The van der Waals surface area contributed by atoms with Gasteiger partial charge in [0.2, 0.25) is 0 Å². The van der Waals surface area contributed by atoms with E-state index < -0.39 is 0 Å². The Balaban J connectivity index is 1.88. The van der Waals surface area contributed by atoms with Gasteiger partial charge in [-0.15, -0.1) is 0 Å². The summed E-state index contributed by atoms with van der Waals surface area (Å²) in [7, 11) is 0. The minimum atomic E-state index is 1.05. The van der Waals surface area contributed by atoms with Gasteiger partial charge in [-0.05, 0) is 56.8 Å². The van der Waals surface area contributed by atoms with Crippen molar-refractivity contribution in [1.29, 1.82) is 0 Å². The molecular formula is C13H20. The highest BCUT2D eigenvalue weighted by atomic mass is 14.4. The maximum absolute atomic E-state index is 1.94. The van der Waals surface area contributed by atoms with Crippen LogP contribution in [-0.2, 0) is 0 Å². The van der Waals surface area contributed by atoms with Gasteiger partial charge in [0.1, 0.15) is 0 Å². The van der Waals surface area contributed by atoms with Gasteiger partial charge in [0.05, 0.1) is 0 Å². The Morgan fingerprint density at radius 1 is 0.692 bits per heavy atom. The summed E-state index contributed by atoms with van der Waals surface area (Å²) < 4.78 is 0. The van der Waals surface area contributed by atoms with Crippen molar-refractivity contribution in [3.63, 3.8) is 0 Å². The Kier molecular flexibility index (Phi) is 1.96. The first-order chi connectivity index (χ1) is 6.45. The van der Waals surface area contributed by atoms with Crippen LogP contribution < -0.4 is 0 Å². The van der Waals surface area contributed by atoms with E-state index in [0.29, 0.717) is 0 Å². The molecule has 13 heavy (non-hydrogen) atoms. The highest BCUT2D eigenvalue weighted by molar-refractivity contribution is 5.29. The summed E-state index contributed by atoms with van der Waals surface area (Å²) in [6.45, 7) is 0. The van der Waals surface area contributed by atoms with E-state index in [1.165, 1.54) is 51.4 Å². The van der Waals surface area contributed by atoms with Crippen LogP contribution in [0.2, 0.25) is 0 Å². The fourth-order valence-corrected chi connectivity index (χ4v) is 3.85. The lowest BCUT2D eigenvalue weighted by molar-refractivity contribution is 0.536. The highest BCUT2D eigenvalue weighted by Crippen LogP contribution is 2.52. The topological polar surface area (TPSA) is 0 Å². The van der Waals surface area contributed by atoms with Crippen molar-refractivity contribution in [2.75, 3.05) is 0 Å². The molecule has 1 fully saturated rings. The Morgan fingerprint density at radius 2 is 1.23 bits per heavy atom. The first kappa shape index (κ1) is 8.08. The van der Waals surface area contributed by atoms with E-state index in [-0.39, 0.29) is 0 Å². The smallest absolute Gasteiger partial charge is 0.0195 e. The number of rotatable bonds is 0. The van der Waals surface area contributed by atoms with Gasteiger partial charge in [-0.2, -0.15) is 0 Å². The van der Waals surface area contributed by atoms with Gasteiger partial charge < -0.3 is 0 Å². The molecule has 2 atom stereocenters. The van der Waals surface area contributed by atoms with E-state index in [0.717, 1.165) is 11.8 Å². The van der Waals surface area contributed by atoms with Crippen molar-refractivity contribution in [2.45, 2.75) is 57.8 Å². The number of hydrogen-bond donors (Lipinski definition) is 0. The second-order valence-corrected chi connectivity index (χ2v) is 5.17. The van der Waals surface area contributed by atoms with E-state index >= 15 is 0 Å². The average Bonchev–Trinajstić information content (AvgIpc) is 2.62. The van der Waals surface area contributed by atoms with Crippen molar-refractivity contribution < 1.29 is 0 Å². The van der Waals surface area contributed by atoms with Crippen LogP contribution in [0.25, 0.3) is 0 Å². The molecule has 2 unspecified atom stereocenters. The normalized spacial score (nSPS) is 38.8. The molecule has 1 saturated carbocycles. The van der Waals surface area contributed by atoms with Gasteiger partial charge in [-0.3, -0.25) is 0 Å². The fourth-order valence-electron chi connectivity index (χ4n) is 3.85. The van der Waals surface area contributed by atoms with Crippen LogP contribution in [-0.4, -0.2) is 0 Å². The van der Waals surface area contributed by atoms with Crippen LogP contribution in [0.3, 0.4) is 0 Å². The van der Waals surface area contributed by atoms with Crippen molar-refractivity contribution in [1.82, 2.24) is 0 Å². The van der Waals surface area contributed by atoms with Crippen molar-refractivity contribution >= 4 is 0 Å². The second kappa shape index (κ2) is 3.15. The van der Waals surface area contributed by atoms with Gasteiger partial charge in [-0.1, -0.05) is 24.0 Å². The third kappa shape index (κ3) is 1.26. The monoisotopic (exact) mass is 176 g/mol. The minimum absolute atomic E-state index is 1.05. The molecular weight excluding hydrogens is 156 g/mol. The zero-order chi connectivity index (χ0) is 8.67. The van der Waals surface area contributed by atoms with Gasteiger partial charge >= 0.3 is 0 Å². The van der Waals surface area contributed by atoms with Crippen LogP contribution in [0.5, 0.6) is 0 Å². The molecule has 0 aromatic rings. The predicted molar refractivity (Wildman–Crippen MR) is 55.6 cm³/mol. The fraction of sp³-hybridized carbons (Fsp3) is 0.846. The predicted octanol–water partition coefficient (Wildman–Crippen LogP) is 4.07. The molecule has 3 aliphatic carbocycles. The van der Waals surface area contributed by atoms with Gasteiger partial charge in [-0.25, -0.2) is 0 Å². The first-order valence-corrected chi connectivity index (χ1v) is 6.17. The van der Waals surface area contributed by atoms with Gasteiger partial charge in [0.25, 0.3) is 0 Å². The average molecular weight is 176 g/mol. The molecule has 0 saturated heterocycles. The molecule has 0 radical (unpaired) electrons.